The van der Waals surface area contributed by atoms with Crippen LogP contribution >= 0.6 is 11.6 Å². The van der Waals surface area contributed by atoms with Crippen molar-refractivity contribution in [1.82, 2.24) is 5.32 Å². The first-order valence-electron chi connectivity index (χ1n) is 6.82. The monoisotopic (exact) mass is 269 g/mol. The quantitative estimate of drug-likeness (QED) is 0.795. The number of rotatable bonds is 3. The summed E-state index contributed by atoms with van der Waals surface area (Å²) in [7, 11) is 0. The van der Waals surface area contributed by atoms with Gasteiger partial charge in [0, 0.05) is 23.2 Å². The van der Waals surface area contributed by atoms with Gasteiger partial charge in [-0.25, -0.2) is 4.39 Å². The van der Waals surface area contributed by atoms with Crippen LogP contribution in [-0.4, -0.2) is 6.04 Å². The SMILES string of the molecule is CC1CCCC(NCc2cc(Cl)ccc2F)CC1. The first-order valence-corrected chi connectivity index (χ1v) is 7.20. The second kappa shape index (κ2) is 6.53. The highest BCUT2D eigenvalue weighted by molar-refractivity contribution is 6.30. The van der Waals surface area contributed by atoms with Crippen LogP contribution in [0.25, 0.3) is 0 Å². The minimum atomic E-state index is -0.172. The Hall–Kier alpha value is -0.600. The zero-order chi connectivity index (χ0) is 13.0. The fourth-order valence-electron chi connectivity index (χ4n) is 2.62. The molecule has 1 N–H and O–H groups in total. The van der Waals surface area contributed by atoms with Crippen LogP contribution in [0.15, 0.2) is 18.2 Å². The Balaban J connectivity index is 1.88. The number of halogens is 2. The van der Waals surface area contributed by atoms with Crippen LogP contribution in [0, 0.1) is 11.7 Å². The third-order valence-electron chi connectivity index (χ3n) is 3.85. The molecule has 0 radical (unpaired) electrons. The predicted octanol–water partition coefficient (Wildman–Crippen LogP) is 4.54. The molecule has 2 rings (SSSR count). The molecule has 1 aromatic rings. The Labute approximate surface area is 114 Å². The van der Waals surface area contributed by atoms with Crippen LogP contribution in [0.4, 0.5) is 4.39 Å². The standard InChI is InChI=1S/C15H21ClFN/c1-11-3-2-4-14(7-5-11)18-10-12-9-13(16)6-8-15(12)17/h6,8-9,11,14,18H,2-5,7,10H2,1H3. The molecule has 0 aromatic heterocycles. The largest absolute Gasteiger partial charge is 0.310 e. The zero-order valence-corrected chi connectivity index (χ0v) is 11.6. The van der Waals surface area contributed by atoms with Crippen molar-refractivity contribution in [3.05, 3.63) is 34.6 Å². The smallest absolute Gasteiger partial charge is 0.127 e. The molecule has 1 aliphatic carbocycles. The molecule has 100 valence electrons. The van der Waals surface area contributed by atoms with E-state index in [1.165, 1.54) is 38.2 Å². The lowest BCUT2D eigenvalue weighted by Crippen LogP contribution is -2.28. The maximum Gasteiger partial charge on any atom is 0.127 e. The van der Waals surface area contributed by atoms with E-state index in [0.29, 0.717) is 23.2 Å². The van der Waals surface area contributed by atoms with Gasteiger partial charge in [0.2, 0.25) is 0 Å². The van der Waals surface area contributed by atoms with Crippen LogP contribution < -0.4 is 5.32 Å². The van der Waals surface area contributed by atoms with E-state index < -0.39 is 0 Å². The van der Waals surface area contributed by atoms with Crippen LogP contribution in [0.3, 0.4) is 0 Å². The molecule has 0 saturated heterocycles. The number of hydrogen-bond donors (Lipinski definition) is 1. The number of nitrogens with one attached hydrogen (secondary N) is 1. The molecule has 1 aliphatic rings. The molecule has 0 aliphatic heterocycles. The number of hydrogen-bond acceptors (Lipinski definition) is 1. The van der Waals surface area contributed by atoms with E-state index in [4.69, 9.17) is 11.6 Å². The maximum atomic E-state index is 13.6. The molecule has 18 heavy (non-hydrogen) atoms. The Kier molecular flexibility index (Phi) is 5.02. The van der Waals surface area contributed by atoms with Crippen LogP contribution in [0.5, 0.6) is 0 Å². The first kappa shape index (κ1) is 13.8. The van der Waals surface area contributed by atoms with E-state index in [2.05, 4.69) is 12.2 Å². The van der Waals surface area contributed by atoms with Gasteiger partial charge < -0.3 is 5.32 Å². The van der Waals surface area contributed by atoms with Crippen LogP contribution in [0.2, 0.25) is 5.02 Å². The summed E-state index contributed by atoms with van der Waals surface area (Å²) >= 11 is 5.89. The molecule has 0 bridgehead atoms. The number of benzene rings is 1. The van der Waals surface area contributed by atoms with Crippen LogP contribution in [-0.2, 0) is 6.54 Å². The fraction of sp³-hybridized carbons (Fsp3) is 0.600. The highest BCUT2D eigenvalue weighted by Gasteiger charge is 2.16. The van der Waals surface area contributed by atoms with Gasteiger partial charge in [0.1, 0.15) is 5.82 Å². The van der Waals surface area contributed by atoms with Gasteiger partial charge in [0.15, 0.2) is 0 Å². The molecule has 1 saturated carbocycles. The summed E-state index contributed by atoms with van der Waals surface area (Å²) in [5, 5.41) is 4.07. The van der Waals surface area contributed by atoms with Gasteiger partial charge in [0.25, 0.3) is 0 Å². The molecule has 0 spiro atoms. The molecular weight excluding hydrogens is 249 g/mol. The second-order valence-corrected chi connectivity index (χ2v) is 5.86. The van der Waals surface area contributed by atoms with Gasteiger partial charge in [-0.15, -0.1) is 0 Å². The maximum absolute atomic E-state index is 13.6. The summed E-state index contributed by atoms with van der Waals surface area (Å²) in [5.41, 5.74) is 0.666. The van der Waals surface area contributed by atoms with Gasteiger partial charge in [-0.2, -0.15) is 0 Å². The second-order valence-electron chi connectivity index (χ2n) is 5.43. The van der Waals surface area contributed by atoms with E-state index in [1.54, 1.807) is 12.1 Å². The average molecular weight is 270 g/mol. The molecule has 2 atom stereocenters. The van der Waals surface area contributed by atoms with E-state index in [9.17, 15) is 4.39 Å². The average Bonchev–Trinajstić information content (AvgIpc) is 2.55. The van der Waals surface area contributed by atoms with Gasteiger partial charge in [-0.05, 0) is 43.4 Å². The van der Waals surface area contributed by atoms with Crippen LogP contribution in [0.1, 0.15) is 44.6 Å². The third-order valence-corrected chi connectivity index (χ3v) is 4.08. The molecule has 0 amide bonds. The van der Waals surface area contributed by atoms with Gasteiger partial charge in [0.05, 0.1) is 0 Å². The lowest BCUT2D eigenvalue weighted by Gasteiger charge is -2.16. The summed E-state index contributed by atoms with van der Waals surface area (Å²) in [4.78, 5) is 0. The normalized spacial score (nSPS) is 24.8. The van der Waals surface area contributed by atoms with Gasteiger partial charge >= 0.3 is 0 Å². The van der Waals surface area contributed by atoms with Gasteiger partial charge in [-0.3, -0.25) is 0 Å². The lowest BCUT2D eigenvalue weighted by atomic mass is 10.0. The minimum Gasteiger partial charge on any atom is -0.310 e. The topological polar surface area (TPSA) is 12.0 Å². The van der Waals surface area contributed by atoms with E-state index in [0.717, 1.165) is 5.92 Å². The first-order chi connectivity index (χ1) is 8.65. The highest BCUT2D eigenvalue weighted by atomic mass is 35.5. The highest BCUT2D eigenvalue weighted by Crippen LogP contribution is 2.23. The molecular formula is C15H21ClFN. The summed E-state index contributed by atoms with van der Waals surface area (Å²) < 4.78 is 13.6. The van der Waals surface area contributed by atoms with Crippen molar-refractivity contribution in [2.24, 2.45) is 5.92 Å². The lowest BCUT2D eigenvalue weighted by molar-refractivity contribution is 0.442. The Morgan fingerprint density at radius 2 is 2.11 bits per heavy atom. The van der Waals surface area contributed by atoms with Crippen molar-refractivity contribution < 1.29 is 4.39 Å². The van der Waals surface area contributed by atoms with Crippen molar-refractivity contribution in [3.8, 4) is 0 Å². The molecule has 1 aromatic carbocycles. The zero-order valence-electron chi connectivity index (χ0n) is 10.9. The molecule has 1 fully saturated rings. The Morgan fingerprint density at radius 3 is 2.94 bits per heavy atom. The summed E-state index contributed by atoms with van der Waals surface area (Å²) in [6.07, 6.45) is 6.27. The van der Waals surface area contributed by atoms with E-state index >= 15 is 0 Å². The summed E-state index contributed by atoms with van der Waals surface area (Å²) in [6, 6.07) is 5.26. The summed E-state index contributed by atoms with van der Waals surface area (Å²) in [5.74, 6) is 0.661. The van der Waals surface area contributed by atoms with Crippen molar-refractivity contribution in [2.45, 2.75) is 51.6 Å². The van der Waals surface area contributed by atoms with E-state index in [-0.39, 0.29) is 5.82 Å². The third kappa shape index (κ3) is 3.96. The molecule has 3 heteroatoms. The van der Waals surface area contributed by atoms with Crippen molar-refractivity contribution in [1.29, 1.82) is 0 Å². The minimum absolute atomic E-state index is 0.172. The Bertz CT molecular complexity index is 394. The summed E-state index contributed by atoms with van der Waals surface area (Å²) in [6.45, 7) is 2.89. The predicted molar refractivity (Wildman–Crippen MR) is 74.3 cm³/mol. The van der Waals surface area contributed by atoms with Crippen molar-refractivity contribution in [2.75, 3.05) is 0 Å². The molecule has 0 heterocycles. The van der Waals surface area contributed by atoms with E-state index in [1.807, 2.05) is 0 Å². The Morgan fingerprint density at radius 1 is 1.28 bits per heavy atom. The molecule has 2 unspecified atom stereocenters. The molecule has 1 nitrogen and oxygen atoms in total. The van der Waals surface area contributed by atoms with Crippen molar-refractivity contribution in [3.63, 3.8) is 0 Å². The fourth-order valence-corrected chi connectivity index (χ4v) is 2.82. The van der Waals surface area contributed by atoms with Gasteiger partial charge in [-0.1, -0.05) is 31.4 Å². The van der Waals surface area contributed by atoms with Crippen molar-refractivity contribution >= 4 is 11.6 Å².